The summed E-state index contributed by atoms with van der Waals surface area (Å²) in [6, 6.07) is 9.24. The molecular formula is C24H24F2N2O4S. The minimum absolute atomic E-state index is 0.0491. The molecule has 33 heavy (non-hydrogen) atoms. The predicted octanol–water partition coefficient (Wildman–Crippen LogP) is 4.93. The smallest absolute Gasteiger partial charge is 0.356 e. The maximum absolute atomic E-state index is 13.5. The maximum atomic E-state index is 13.5. The molecule has 0 bridgehead atoms. The number of aryl methyl sites for hydroxylation is 1. The van der Waals surface area contributed by atoms with Crippen LogP contribution in [0, 0.1) is 13.8 Å². The van der Waals surface area contributed by atoms with Crippen molar-refractivity contribution in [3.63, 3.8) is 0 Å². The van der Waals surface area contributed by atoms with E-state index in [1.54, 1.807) is 32.0 Å². The molecule has 0 saturated heterocycles. The Kier molecular flexibility index (Phi) is 5.86. The van der Waals surface area contributed by atoms with Crippen molar-refractivity contribution in [3.05, 3.63) is 82.4 Å². The van der Waals surface area contributed by atoms with Gasteiger partial charge in [0.1, 0.15) is 11.4 Å². The van der Waals surface area contributed by atoms with Crippen molar-refractivity contribution in [2.24, 2.45) is 0 Å². The highest BCUT2D eigenvalue weighted by Crippen LogP contribution is 2.55. The lowest BCUT2D eigenvalue weighted by Crippen LogP contribution is -2.20. The van der Waals surface area contributed by atoms with Crippen LogP contribution in [0.25, 0.3) is 0 Å². The van der Waals surface area contributed by atoms with E-state index >= 15 is 0 Å². The molecule has 2 heterocycles. The van der Waals surface area contributed by atoms with Crippen LogP contribution in [0.4, 0.5) is 8.78 Å². The van der Waals surface area contributed by atoms with E-state index in [2.05, 4.69) is 4.98 Å². The number of carbonyl (C=O) groups is 1. The highest BCUT2D eigenvalue weighted by atomic mass is 32.2. The molecular weight excluding hydrogens is 450 g/mol. The lowest BCUT2D eigenvalue weighted by atomic mass is 9.88. The summed E-state index contributed by atoms with van der Waals surface area (Å²) in [6.45, 7) is 5.27. The number of halogens is 2. The van der Waals surface area contributed by atoms with Crippen molar-refractivity contribution >= 4 is 16.0 Å². The standard InChI is InChI=1S/C24H24F2N2O4S/c1-4-32-23(29)21-16(3)19(14-28(21)33(30,31)18-8-5-15(2)6-9-18)24(11-12-24)17-7-10-20(22(25)26)27-13-17/h5-10,13-14,22H,4,11-12H2,1-3H3. The zero-order valence-corrected chi connectivity index (χ0v) is 19.3. The number of esters is 1. The second-order valence-corrected chi connectivity index (χ2v) is 10.0. The van der Waals surface area contributed by atoms with Crippen molar-refractivity contribution in [1.82, 2.24) is 8.96 Å². The van der Waals surface area contributed by atoms with Gasteiger partial charge < -0.3 is 4.74 Å². The summed E-state index contributed by atoms with van der Waals surface area (Å²) in [4.78, 5) is 16.8. The minimum atomic E-state index is -4.08. The zero-order valence-electron chi connectivity index (χ0n) is 18.5. The Labute approximate surface area is 191 Å². The number of rotatable bonds is 7. The Morgan fingerprint density at radius 2 is 1.82 bits per heavy atom. The van der Waals surface area contributed by atoms with E-state index in [1.165, 1.54) is 30.6 Å². The third kappa shape index (κ3) is 3.94. The molecule has 174 valence electrons. The van der Waals surface area contributed by atoms with Gasteiger partial charge in [-0.05, 0) is 68.5 Å². The molecule has 0 N–H and O–H groups in total. The number of aromatic nitrogens is 2. The topological polar surface area (TPSA) is 78.3 Å². The Morgan fingerprint density at radius 3 is 2.33 bits per heavy atom. The number of carbonyl (C=O) groups excluding carboxylic acids is 1. The Balaban J connectivity index is 1.87. The van der Waals surface area contributed by atoms with Crippen LogP contribution < -0.4 is 0 Å². The van der Waals surface area contributed by atoms with Crippen LogP contribution in [0.2, 0.25) is 0 Å². The molecule has 1 aliphatic rings. The molecule has 1 fully saturated rings. The van der Waals surface area contributed by atoms with Gasteiger partial charge in [-0.3, -0.25) is 4.98 Å². The number of hydrogen-bond donors (Lipinski definition) is 0. The average Bonchev–Trinajstić information content (AvgIpc) is 3.50. The summed E-state index contributed by atoms with van der Waals surface area (Å²) in [5.41, 5.74) is 1.77. The Hall–Kier alpha value is -3.07. The summed E-state index contributed by atoms with van der Waals surface area (Å²) >= 11 is 0. The number of pyridine rings is 1. The van der Waals surface area contributed by atoms with Gasteiger partial charge in [0.15, 0.2) is 0 Å². The minimum Gasteiger partial charge on any atom is -0.461 e. The van der Waals surface area contributed by atoms with E-state index in [4.69, 9.17) is 4.74 Å². The van der Waals surface area contributed by atoms with Crippen LogP contribution in [0.1, 0.15) is 64.6 Å². The first-order chi connectivity index (χ1) is 15.6. The van der Waals surface area contributed by atoms with Gasteiger partial charge in [-0.25, -0.2) is 26.0 Å². The van der Waals surface area contributed by atoms with Crippen molar-refractivity contribution in [2.75, 3.05) is 6.61 Å². The molecule has 4 rings (SSSR count). The van der Waals surface area contributed by atoms with Crippen LogP contribution in [-0.2, 0) is 20.2 Å². The summed E-state index contributed by atoms with van der Waals surface area (Å²) in [6.07, 6.45) is 1.56. The van der Waals surface area contributed by atoms with Gasteiger partial charge in [0.2, 0.25) is 0 Å². The van der Waals surface area contributed by atoms with Crippen molar-refractivity contribution < 1.29 is 26.7 Å². The van der Waals surface area contributed by atoms with E-state index in [0.29, 0.717) is 29.5 Å². The van der Waals surface area contributed by atoms with E-state index < -0.39 is 27.8 Å². The second-order valence-electron chi connectivity index (χ2n) is 8.21. The van der Waals surface area contributed by atoms with Gasteiger partial charge in [-0.2, -0.15) is 0 Å². The third-order valence-electron chi connectivity index (χ3n) is 6.10. The molecule has 1 saturated carbocycles. The molecule has 0 radical (unpaired) electrons. The first-order valence-corrected chi connectivity index (χ1v) is 12.0. The van der Waals surface area contributed by atoms with Gasteiger partial charge in [-0.1, -0.05) is 23.8 Å². The van der Waals surface area contributed by atoms with E-state index in [1.807, 2.05) is 6.92 Å². The fourth-order valence-corrected chi connectivity index (χ4v) is 5.57. The van der Waals surface area contributed by atoms with Crippen LogP contribution in [0.15, 0.2) is 53.7 Å². The predicted molar refractivity (Wildman–Crippen MR) is 118 cm³/mol. The Bertz CT molecular complexity index is 1290. The molecule has 9 heteroatoms. The van der Waals surface area contributed by atoms with Gasteiger partial charge in [0.25, 0.3) is 16.4 Å². The molecule has 0 aliphatic heterocycles. The Morgan fingerprint density at radius 1 is 1.15 bits per heavy atom. The largest absolute Gasteiger partial charge is 0.461 e. The lowest BCUT2D eigenvalue weighted by Gasteiger charge is -2.16. The fourth-order valence-electron chi connectivity index (χ4n) is 4.17. The molecule has 0 atom stereocenters. The number of nitrogens with zero attached hydrogens (tertiary/aromatic N) is 2. The third-order valence-corrected chi connectivity index (χ3v) is 7.77. The van der Waals surface area contributed by atoms with Gasteiger partial charge >= 0.3 is 5.97 Å². The molecule has 3 aromatic rings. The van der Waals surface area contributed by atoms with E-state index in [9.17, 15) is 22.0 Å². The average molecular weight is 475 g/mol. The first-order valence-electron chi connectivity index (χ1n) is 10.6. The lowest BCUT2D eigenvalue weighted by molar-refractivity contribution is 0.0517. The molecule has 0 unspecified atom stereocenters. The van der Waals surface area contributed by atoms with E-state index in [0.717, 1.165) is 9.54 Å². The van der Waals surface area contributed by atoms with Gasteiger partial charge in [0.05, 0.1) is 11.5 Å². The van der Waals surface area contributed by atoms with Crippen molar-refractivity contribution in [1.29, 1.82) is 0 Å². The second kappa shape index (κ2) is 8.37. The van der Waals surface area contributed by atoms with Crippen LogP contribution in [0.5, 0.6) is 0 Å². The van der Waals surface area contributed by atoms with Gasteiger partial charge in [-0.15, -0.1) is 0 Å². The summed E-state index contributed by atoms with van der Waals surface area (Å²) < 4.78 is 59.1. The molecule has 1 aromatic carbocycles. The van der Waals surface area contributed by atoms with Crippen LogP contribution in [0.3, 0.4) is 0 Å². The molecule has 1 aliphatic carbocycles. The monoisotopic (exact) mass is 474 g/mol. The van der Waals surface area contributed by atoms with E-state index in [-0.39, 0.29) is 22.9 Å². The fraction of sp³-hybridized carbons (Fsp3) is 0.333. The number of ether oxygens (including phenoxy) is 1. The summed E-state index contributed by atoms with van der Waals surface area (Å²) in [7, 11) is -4.08. The normalized spacial score (nSPS) is 15.0. The highest BCUT2D eigenvalue weighted by molar-refractivity contribution is 7.90. The number of benzene rings is 1. The van der Waals surface area contributed by atoms with Gasteiger partial charge in [0, 0.05) is 17.8 Å². The van der Waals surface area contributed by atoms with Crippen LogP contribution >= 0.6 is 0 Å². The quantitative estimate of drug-likeness (QED) is 0.454. The zero-order chi connectivity index (χ0) is 24.0. The highest BCUT2D eigenvalue weighted by Gasteiger charge is 2.49. The van der Waals surface area contributed by atoms with Crippen molar-refractivity contribution in [3.8, 4) is 0 Å². The SMILES string of the molecule is CCOC(=O)c1c(C)c(C2(c3ccc(C(F)F)nc3)CC2)cn1S(=O)(=O)c1ccc(C)cc1. The summed E-state index contributed by atoms with van der Waals surface area (Å²) in [5, 5.41) is 0. The van der Waals surface area contributed by atoms with Crippen molar-refractivity contribution in [2.45, 2.75) is 50.3 Å². The molecule has 0 spiro atoms. The first kappa shape index (κ1) is 23.1. The number of alkyl halides is 2. The molecule has 6 nitrogen and oxygen atoms in total. The number of hydrogen-bond acceptors (Lipinski definition) is 5. The van der Waals surface area contributed by atoms with Crippen LogP contribution in [-0.4, -0.2) is 30.0 Å². The molecule has 0 amide bonds. The summed E-state index contributed by atoms with van der Waals surface area (Å²) in [5.74, 6) is -0.737. The maximum Gasteiger partial charge on any atom is 0.356 e. The molecule has 2 aromatic heterocycles.